The number of para-hydroxylation sites is 1. The van der Waals surface area contributed by atoms with Crippen LogP contribution < -0.4 is 9.47 Å². The second kappa shape index (κ2) is 8.85. The summed E-state index contributed by atoms with van der Waals surface area (Å²) in [5.41, 5.74) is 5.27. The molecule has 0 fully saturated rings. The highest BCUT2D eigenvalue weighted by Gasteiger charge is 2.38. The number of aromatic hydroxyl groups is 1. The molecule has 3 aromatic heterocycles. The average molecular weight is 537 g/mol. The second-order valence-electron chi connectivity index (χ2n) is 9.19. The van der Waals surface area contributed by atoms with Crippen LogP contribution in [0.5, 0.6) is 23.3 Å². The summed E-state index contributed by atoms with van der Waals surface area (Å²) in [6, 6.07) is 22.3. The van der Waals surface area contributed by atoms with Crippen molar-refractivity contribution < 1.29 is 14.6 Å². The zero-order valence-electron chi connectivity index (χ0n) is 20.9. The molecule has 0 spiro atoms. The smallest absolute Gasteiger partial charge is 0.230 e. The number of hydrogen-bond acceptors (Lipinski definition) is 7. The number of fused-ring (bicyclic) bond motifs is 4. The molecule has 0 saturated carbocycles. The summed E-state index contributed by atoms with van der Waals surface area (Å²) < 4.78 is 15.2. The van der Waals surface area contributed by atoms with Crippen molar-refractivity contribution >= 4 is 17.2 Å². The van der Waals surface area contributed by atoms with Gasteiger partial charge in [0.25, 0.3) is 0 Å². The van der Waals surface area contributed by atoms with E-state index in [-0.39, 0.29) is 11.7 Å². The molecular formula is C29H21ClN6O3. The highest BCUT2D eigenvalue weighted by molar-refractivity contribution is 6.30. The number of rotatable bonds is 4. The quantitative estimate of drug-likeness (QED) is 0.297. The van der Waals surface area contributed by atoms with E-state index in [1.54, 1.807) is 40.8 Å². The normalized spacial score (nSPS) is 14.1. The summed E-state index contributed by atoms with van der Waals surface area (Å²) in [5.74, 6) is 1.86. The molecule has 9 nitrogen and oxygen atoms in total. The fourth-order valence-electron chi connectivity index (χ4n) is 5.07. The van der Waals surface area contributed by atoms with Crippen LogP contribution in [0.2, 0.25) is 5.02 Å². The minimum Gasteiger partial charge on any atom is -0.507 e. The number of aryl methyl sites for hydroxylation is 1. The van der Waals surface area contributed by atoms with Crippen LogP contribution in [-0.2, 0) is 0 Å². The number of phenols is 1. The third-order valence-electron chi connectivity index (χ3n) is 6.87. The fraction of sp³-hybridized carbons (Fsp3) is 0.103. The van der Waals surface area contributed by atoms with Crippen molar-refractivity contribution in [2.45, 2.75) is 12.8 Å². The Morgan fingerprint density at radius 3 is 2.56 bits per heavy atom. The third-order valence-corrected chi connectivity index (χ3v) is 7.10. The monoisotopic (exact) mass is 536 g/mol. The molecule has 1 N–H and O–H groups in total. The Morgan fingerprint density at radius 1 is 0.974 bits per heavy atom. The lowest BCUT2D eigenvalue weighted by Gasteiger charge is -2.26. The lowest BCUT2D eigenvalue weighted by atomic mass is 9.84. The number of halogens is 1. The predicted octanol–water partition coefficient (Wildman–Crippen LogP) is 5.94. The van der Waals surface area contributed by atoms with Gasteiger partial charge in [0.1, 0.15) is 17.8 Å². The summed E-state index contributed by atoms with van der Waals surface area (Å²) >= 11 is 6.31. The van der Waals surface area contributed by atoms with Crippen molar-refractivity contribution in [1.82, 2.24) is 29.4 Å². The molecular weight excluding hydrogens is 516 g/mol. The maximum absolute atomic E-state index is 10.4. The Morgan fingerprint density at radius 2 is 1.79 bits per heavy atom. The van der Waals surface area contributed by atoms with Crippen LogP contribution >= 0.6 is 11.6 Å². The van der Waals surface area contributed by atoms with Crippen LogP contribution in [0, 0.1) is 6.92 Å². The molecule has 39 heavy (non-hydrogen) atoms. The number of hydrogen-bond donors (Lipinski definition) is 1. The molecule has 0 saturated heterocycles. The molecule has 4 heterocycles. The van der Waals surface area contributed by atoms with Crippen LogP contribution in [0.3, 0.4) is 0 Å². The lowest BCUT2D eigenvalue weighted by Crippen LogP contribution is -2.16. The maximum Gasteiger partial charge on any atom is 0.230 e. The Balaban J connectivity index is 1.49. The van der Waals surface area contributed by atoms with Gasteiger partial charge in [0.2, 0.25) is 11.8 Å². The fourth-order valence-corrected chi connectivity index (χ4v) is 5.25. The van der Waals surface area contributed by atoms with Crippen LogP contribution in [0.15, 0.2) is 79.1 Å². The van der Waals surface area contributed by atoms with Gasteiger partial charge in [-0.3, -0.25) is 0 Å². The van der Waals surface area contributed by atoms with Crippen molar-refractivity contribution in [3.63, 3.8) is 0 Å². The summed E-state index contributed by atoms with van der Waals surface area (Å²) in [4.78, 5) is 9.48. The van der Waals surface area contributed by atoms with Gasteiger partial charge in [-0.2, -0.15) is 5.10 Å². The number of phenolic OH excluding ortho intramolecular Hbond substituents is 1. The Bertz CT molecular complexity index is 1880. The zero-order chi connectivity index (χ0) is 26.7. The average Bonchev–Trinajstić information content (AvgIpc) is 3.53. The van der Waals surface area contributed by atoms with E-state index in [4.69, 9.17) is 31.2 Å². The van der Waals surface area contributed by atoms with E-state index < -0.39 is 0 Å². The van der Waals surface area contributed by atoms with E-state index in [9.17, 15) is 5.11 Å². The molecule has 3 aromatic carbocycles. The number of methoxy groups -OCH3 is 1. The van der Waals surface area contributed by atoms with E-state index in [0.29, 0.717) is 33.8 Å². The van der Waals surface area contributed by atoms with Crippen molar-refractivity contribution in [1.29, 1.82) is 0 Å². The molecule has 192 valence electrons. The highest BCUT2D eigenvalue weighted by atomic mass is 35.5. The summed E-state index contributed by atoms with van der Waals surface area (Å²) in [7, 11) is 1.64. The molecule has 10 heteroatoms. The molecule has 0 aliphatic carbocycles. The lowest BCUT2D eigenvalue weighted by molar-refractivity contribution is 0.402. The first kappa shape index (κ1) is 23.2. The zero-order valence-corrected chi connectivity index (χ0v) is 21.7. The first-order valence-electron chi connectivity index (χ1n) is 12.2. The number of aromatic nitrogens is 6. The van der Waals surface area contributed by atoms with Crippen molar-refractivity contribution in [3.8, 4) is 40.3 Å². The molecule has 1 unspecified atom stereocenters. The summed E-state index contributed by atoms with van der Waals surface area (Å²) in [6.45, 7) is 1.95. The Hall–Kier alpha value is -4.89. The van der Waals surface area contributed by atoms with Crippen LogP contribution in [-0.4, -0.2) is 41.6 Å². The van der Waals surface area contributed by atoms with Gasteiger partial charge in [-0.05, 0) is 55.0 Å². The predicted molar refractivity (Wildman–Crippen MR) is 145 cm³/mol. The number of benzene rings is 3. The van der Waals surface area contributed by atoms with E-state index in [2.05, 4.69) is 10.1 Å². The molecule has 1 atom stereocenters. The molecule has 0 radical (unpaired) electrons. The number of nitrogens with zero attached hydrogens (tertiary/aromatic N) is 6. The van der Waals surface area contributed by atoms with E-state index in [1.165, 1.54) is 0 Å². The molecule has 7 rings (SSSR count). The Kier molecular flexibility index (Phi) is 5.27. The van der Waals surface area contributed by atoms with Gasteiger partial charge in [0.15, 0.2) is 11.5 Å². The van der Waals surface area contributed by atoms with Gasteiger partial charge in [-0.25, -0.2) is 19.2 Å². The molecule has 1 aliphatic heterocycles. The van der Waals surface area contributed by atoms with Gasteiger partial charge in [-0.1, -0.05) is 41.9 Å². The molecule has 1 aliphatic rings. The van der Waals surface area contributed by atoms with Crippen LogP contribution in [0.25, 0.3) is 22.7 Å². The van der Waals surface area contributed by atoms with Crippen LogP contribution in [0.4, 0.5) is 0 Å². The van der Waals surface area contributed by atoms with Gasteiger partial charge >= 0.3 is 0 Å². The van der Waals surface area contributed by atoms with Gasteiger partial charge in [-0.15, -0.1) is 5.10 Å². The van der Waals surface area contributed by atoms with Crippen molar-refractivity contribution in [2.75, 3.05) is 7.11 Å². The Labute approximate surface area is 227 Å². The summed E-state index contributed by atoms with van der Waals surface area (Å²) in [5, 5.41) is 20.5. The minimum atomic E-state index is -0.319. The van der Waals surface area contributed by atoms with Crippen molar-refractivity contribution in [2.24, 2.45) is 0 Å². The SMILES string of the molecule is COc1ccc(C2c3c(C)nn(-c4cccc(Cl)c4)c3Oc3ncn4nc(-c5ccccc5O)nc4c32)cc1. The van der Waals surface area contributed by atoms with Gasteiger partial charge in [0.05, 0.1) is 41.1 Å². The van der Waals surface area contributed by atoms with E-state index >= 15 is 0 Å². The molecule has 6 aromatic rings. The van der Waals surface area contributed by atoms with Gasteiger partial charge in [0, 0.05) is 5.02 Å². The minimum absolute atomic E-state index is 0.0964. The highest BCUT2D eigenvalue weighted by Crippen LogP contribution is 2.50. The molecule has 0 bridgehead atoms. The largest absolute Gasteiger partial charge is 0.507 e. The maximum atomic E-state index is 10.4. The molecule has 0 amide bonds. The summed E-state index contributed by atoms with van der Waals surface area (Å²) in [6.07, 6.45) is 1.56. The first-order chi connectivity index (χ1) is 19.0. The first-order valence-corrected chi connectivity index (χ1v) is 12.6. The van der Waals surface area contributed by atoms with Crippen molar-refractivity contribution in [3.05, 3.63) is 107 Å². The third kappa shape index (κ3) is 3.70. The van der Waals surface area contributed by atoms with E-state index in [0.717, 1.165) is 33.8 Å². The number of ether oxygens (including phenoxy) is 2. The van der Waals surface area contributed by atoms with Gasteiger partial charge < -0.3 is 14.6 Å². The van der Waals surface area contributed by atoms with Crippen LogP contribution in [0.1, 0.15) is 28.3 Å². The second-order valence-corrected chi connectivity index (χ2v) is 9.62. The standard InChI is InChI=1S/C29H21ClN6O3/c1-16-23-24(17-10-12-20(38-2)13-11-17)25-27-32-26(21-8-3-4-9-22(21)37)34-35(27)15-31-28(25)39-29(23)36(33-16)19-7-5-6-18(30)14-19/h3-15,24,37H,1-2H3. The topological polar surface area (TPSA) is 99.6 Å². The van der Waals surface area contributed by atoms with E-state index in [1.807, 2.05) is 61.5 Å².